The number of carbonyl (C=O) groups is 1. The minimum absolute atomic E-state index is 0.0732. The summed E-state index contributed by atoms with van der Waals surface area (Å²) in [7, 11) is -1.56. The van der Waals surface area contributed by atoms with Gasteiger partial charge in [-0.1, -0.05) is 11.6 Å². The largest absolute Gasteiger partial charge is 0.484 e. The number of carbonyl (C=O) groups excluding carboxylic acids is 1. The number of rotatable bonds is 6. The molecule has 1 amide bonds. The average Bonchev–Trinajstić information content (AvgIpc) is 2.34. The van der Waals surface area contributed by atoms with Gasteiger partial charge in [0.15, 0.2) is 6.61 Å². The van der Waals surface area contributed by atoms with Crippen LogP contribution in [0.15, 0.2) is 24.3 Å². The van der Waals surface area contributed by atoms with Gasteiger partial charge in [0, 0.05) is 24.4 Å². The predicted octanol–water partition coefficient (Wildman–Crippen LogP) is 1.61. The van der Waals surface area contributed by atoms with Gasteiger partial charge in [0.05, 0.1) is 5.75 Å². The summed E-state index contributed by atoms with van der Waals surface area (Å²) in [6, 6.07) is 6.26. The molecule has 0 radical (unpaired) electrons. The molecule has 1 aromatic rings. The van der Waals surface area contributed by atoms with E-state index in [1.807, 2.05) is 0 Å². The molecule has 1 aromatic carbocycles. The van der Waals surface area contributed by atoms with Crippen molar-refractivity contribution < 1.29 is 17.9 Å². The number of hydrogen-bond acceptors (Lipinski definition) is 4. The van der Waals surface area contributed by atoms with Crippen molar-refractivity contribution in [3.05, 3.63) is 29.3 Å². The van der Waals surface area contributed by atoms with Crippen LogP contribution < -0.4 is 4.74 Å². The van der Waals surface area contributed by atoms with Gasteiger partial charge in [-0.15, -0.1) is 0 Å². The van der Waals surface area contributed by atoms with E-state index in [4.69, 9.17) is 16.3 Å². The maximum Gasteiger partial charge on any atom is 0.260 e. The molecule has 0 spiro atoms. The second-order valence-corrected chi connectivity index (χ2v) is 7.31. The highest BCUT2D eigenvalue weighted by atomic mass is 35.5. The van der Waals surface area contributed by atoms with Crippen LogP contribution in [-0.4, -0.2) is 50.9 Å². The van der Waals surface area contributed by atoms with Gasteiger partial charge in [-0.05, 0) is 31.2 Å². The second-order valence-electron chi connectivity index (χ2n) is 4.69. The number of sulfone groups is 1. The third-order valence-corrected chi connectivity index (χ3v) is 4.11. The molecule has 7 heteroatoms. The summed E-state index contributed by atoms with van der Waals surface area (Å²) in [5.74, 6) is 0.180. The lowest BCUT2D eigenvalue weighted by Gasteiger charge is -2.24. The molecule has 0 aliphatic carbocycles. The van der Waals surface area contributed by atoms with Crippen LogP contribution in [0.2, 0.25) is 5.02 Å². The summed E-state index contributed by atoms with van der Waals surface area (Å²) in [4.78, 5) is 13.3. The lowest BCUT2D eigenvalue weighted by molar-refractivity contribution is -0.133. The zero-order chi connectivity index (χ0) is 15.3. The summed E-state index contributed by atoms with van der Waals surface area (Å²) < 4.78 is 27.7. The topological polar surface area (TPSA) is 63.7 Å². The summed E-state index contributed by atoms with van der Waals surface area (Å²) in [5, 5.41) is 0.586. The van der Waals surface area contributed by atoms with Crippen LogP contribution in [0.1, 0.15) is 6.92 Å². The van der Waals surface area contributed by atoms with Crippen LogP contribution in [-0.2, 0) is 14.6 Å². The highest BCUT2D eigenvalue weighted by molar-refractivity contribution is 7.90. The quantitative estimate of drug-likeness (QED) is 0.799. The fourth-order valence-electron chi connectivity index (χ4n) is 1.57. The van der Waals surface area contributed by atoms with Gasteiger partial charge < -0.3 is 9.64 Å². The van der Waals surface area contributed by atoms with Gasteiger partial charge in [0.25, 0.3) is 5.91 Å². The van der Waals surface area contributed by atoms with E-state index in [9.17, 15) is 13.2 Å². The first-order valence-electron chi connectivity index (χ1n) is 6.01. The van der Waals surface area contributed by atoms with Crippen molar-refractivity contribution in [3.63, 3.8) is 0 Å². The zero-order valence-electron chi connectivity index (χ0n) is 11.7. The number of hydrogen-bond donors (Lipinski definition) is 0. The van der Waals surface area contributed by atoms with Gasteiger partial charge in [-0.3, -0.25) is 4.79 Å². The Kier molecular flexibility index (Phi) is 5.83. The van der Waals surface area contributed by atoms with Crippen LogP contribution in [0.25, 0.3) is 0 Å². The molecule has 112 valence electrons. The Morgan fingerprint density at radius 2 is 1.90 bits per heavy atom. The highest BCUT2D eigenvalue weighted by Crippen LogP contribution is 2.15. The first-order valence-corrected chi connectivity index (χ1v) is 8.44. The molecule has 0 N–H and O–H groups in total. The van der Waals surface area contributed by atoms with Crippen molar-refractivity contribution in [2.45, 2.75) is 13.0 Å². The molecule has 0 aliphatic rings. The second kappa shape index (κ2) is 6.95. The monoisotopic (exact) mass is 319 g/mol. The van der Waals surface area contributed by atoms with Gasteiger partial charge in [-0.25, -0.2) is 8.42 Å². The standard InChI is InChI=1S/C13H18ClNO4S/c1-10(9-20(3,17)18)15(2)13(16)8-19-12-6-4-11(14)5-7-12/h4-7,10H,8-9H2,1-3H3/t10-/m0/s1. The van der Waals surface area contributed by atoms with Crippen LogP contribution >= 0.6 is 11.6 Å². The summed E-state index contributed by atoms with van der Waals surface area (Å²) >= 11 is 5.74. The van der Waals surface area contributed by atoms with Gasteiger partial charge >= 0.3 is 0 Å². The number of likely N-dealkylation sites (N-methyl/N-ethyl adjacent to an activating group) is 1. The highest BCUT2D eigenvalue weighted by Gasteiger charge is 2.20. The van der Waals surface area contributed by atoms with Crippen molar-refractivity contribution in [1.29, 1.82) is 0 Å². The fourth-order valence-corrected chi connectivity index (χ4v) is 2.80. The molecule has 5 nitrogen and oxygen atoms in total. The molecular weight excluding hydrogens is 302 g/mol. The first kappa shape index (κ1) is 16.8. The molecule has 0 saturated carbocycles. The maximum atomic E-state index is 11.9. The van der Waals surface area contributed by atoms with E-state index in [0.717, 1.165) is 6.26 Å². The van der Waals surface area contributed by atoms with E-state index in [1.165, 1.54) is 4.90 Å². The predicted molar refractivity (Wildman–Crippen MR) is 78.9 cm³/mol. The van der Waals surface area contributed by atoms with Gasteiger partial charge in [0.2, 0.25) is 0 Å². The van der Waals surface area contributed by atoms with Crippen LogP contribution in [0, 0.1) is 0 Å². The molecule has 20 heavy (non-hydrogen) atoms. The first-order chi connectivity index (χ1) is 9.19. The van der Waals surface area contributed by atoms with Crippen molar-refractivity contribution in [1.82, 2.24) is 4.90 Å². The molecule has 1 atom stereocenters. The van der Waals surface area contributed by atoms with Gasteiger partial charge in [0.1, 0.15) is 15.6 Å². The number of halogens is 1. The normalized spacial score (nSPS) is 12.8. The Morgan fingerprint density at radius 3 is 2.40 bits per heavy atom. The lowest BCUT2D eigenvalue weighted by atomic mass is 10.3. The Labute approximate surface area is 124 Å². The number of amides is 1. The average molecular weight is 320 g/mol. The number of benzene rings is 1. The van der Waals surface area contributed by atoms with E-state index in [2.05, 4.69) is 0 Å². The van der Waals surface area contributed by atoms with E-state index in [-0.39, 0.29) is 18.3 Å². The molecule has 0 aliphatic heterocycles. The van der Waals surface area contributed by atoms with Crippen molar-refractivity contribution in [2.24, 2.45) is 0 Å². The Bertz CT molecular complexity index is 556. The van der Waals surface area contributed by atoms with Crippen molar-refractivity contribution in [3.8, 4) is 5.75 Å². The third-order valence-electron chi connectivity index (χ3n) is 2.77. The van der Waals surface area contributed by atoms with Gasteiger partial charge in [-0.2, -0.15) is 0 Å². The minimum Gasteiger partial charge on any atom is -0.484 e. The minimum atomic E-state index is -3.12. The Hall–Kier alpha value is -1.27. The van der Waals surface area contributed by atoms with Crippen molar-refractivity contribution >= 4 is 27.3 Å². The Balaban J connectivity index is 2.51. The molecular formula is C13H18ClNO4S. The van der Waals surface area contributed by atoms with Crippen LogP contribution in [0.3, 0.4) is 0 Å². The zero-order valence-corrected chi connectivity index (χ0v) is 13.2. The fraction of sp³-hybridized carbons (Fsp3) is 0.462. The van der Waals surface area contributed by atoms with E-state index < -0.39 is 15.9 Å². The smallest absolute Gasteiger partial charge is 0.260 e. The van der Waals surface area contributed by atoms with Crippen LogP contribution in [0.4, 0.5) is 0 Å². The third kappa shape index (κ3) is 5.79. The summed E-state index contributed by atoms with van der Waals surface area (Å²) in [6.07, 6.45) is 1.14. The summed E-state index contributed by atoms with van der Waals surface area (Å²) in [6.45, 7) is 1.54. The maximum absolute atomic E-state index is 11.9. The van der Waals surface area contributed by atoms with E-state index in [0.29, 0.717) is 10.8 Å². The molecule has 0 fully saturated rings. The number of ether oxygens (including phenoxy) is 1. The molecule has 0 aromatic heterocycles. The number of nitrogens with zero attached hydrogens (tertiary/aromatic N) is 1. The molecule has 1 rings (SSSR count). The van der Waals surface area contributed by atoms with Crippen LogP contribution in [0.5, 0.6) is 5.75 Å². The Morgan fingerprint density at radius 1 is 1.35 bits per heavy atom. The molecule has 0 saturated heterocycles. The molecule has 0 unspecified atom stereocenters. The SMILES string of the molecule is C[C@@H](CS(C)(=O)=O)N(C)C(=O)COc1ccc(Cl)cc1. The van der Waals surface area contributed by atoms with Crippen molar-refractivity contribution in [2.75, 3.05) is 25.7 Å². The van der Waals surface area contributed by atoms with E-state index in [1.54, 1.807) is 38.2 Å². The lowest BCUT2D eigenvalue weighted by Crippen LogP contribution is -2.41. The summed E-state index contributed by atoms with van der Waals surface area (Å²) in [5.41, 5.74) is 0. The molecule has 0 bridgehead atoms. The van der Waals surface area contributed by atoms with E-state index >= 15 is 0 Å². The molecule has 0 heterocycles.